The Balaban J connectivity index is 2.89. The number of rotatable bonds is 9. The Morgan fingerprint density at radius 1 is 1.17 bits per heavy atom. The molecule has 0 aromatic rings. The molecule has 8 atom stereocenters. The Hall–Kier alpha value is 0.109. The van der Waals surface area contributed by atoms with Crippen LogP contribution in [0.4, 0.5) is 0 Å². The monoisotopic (exact) mass is 442 g/mol. The molecule has 13 heteroatoms. The Bertz CT molecular complexity index is 488. The summed E-state index contributed by atoms with van der Waals surface area (Å²) in [6, 6.07) is 0. The van der Waals surface area contributed by atoms with Gasteiger partial charge < -0.3 is 0 Å². The molecular formula is C11H22O11SSe. The van der Waals surface area contributed by atoms with Gasteiger partial charge in [-0.05, 0) is 0 Å². The summed E-state index contributed by atoms with van der Waals surface area (Å²) in [5.41, 5.74) is 0. The van der Waals surface area contributed by atoms with E-state index in [0.717, 1.165) is 0 Å². The maximum absolute atomic E-state index is 10.8. The van der Waals surface area contributed by atoms with Gasteiger partial charge in [-0.25, -0.2) is 0 Å². The predicted octanol–water partition coefficient (Wildman–Crippen LogP) is -4.50. The van der Waals surface area contributed by atoms with Crippen LogP contribution in [0.3, 0.4) is 0 Å². The molecule has 1 fully saturated rings. The Morgan fingerprint density at radius 3 is 2.21 bits per heavy atom. The fourth-order valence-corrected chi connectivity index (χ4v) is 8.56. The Labute approximate surface area is 143 Å². The number of aliphatic hydroxyl groups is 7. The molecule has 11 nitrogen and oxygen atoms in total. The van der Waals surface area contributed by atoms with Crippen molar-refractivity contribution in [3.63, 3.8) is 0 Å². The zero-order valence-corrected chi connectivity index (χ0v) is 15.0. The van der Waals surface area contributed by atoms with Crippen molar-refractivity contribution < 1.29 is 52.9 Å². The van der Waals surface area contributed by atoms with Crippen LogP contribution in [0.5, 0.6) is 0 Å². The SMILES string of the molecule is O=S(=O)([O-])O[C@@H]([C@H](O)[C@H](O)CO)[C@@H](O)C[Se+]1C[C@@H](O)[C@H](O)[C@H]1CO. The first-order valence-electron chi connectivity index (χ1n) is 6.94. The molecule has 1 unspecified atom stereocenters. The van der Waals surface area contributed by atoms with Crippen LogP contribution >= 0.6 is 0 Å². The van der Waals surface area contributed by atoms with Crippen molar-refractivity contribution in [1.29, 1.82) is 0 Å². The minimum absolute atomic E-state index is 0.110. The average Bonchev–Trinajstić information content (AvgIpc) is 2.76. The molecular weight excluding hydrogens is 419 g/mol. The first-order valence-corrected chi connectivity index (χ1v) is 11.7. The van der Waals surface area contributed by atoms with Gasteiger partial charge in [-0.2, -0.15) is 0 Å². The van der Waals surface area contributed by atoms with Crippen molar-refractivity contribution in [1.82, 2.24) is 0 Å². The van der Waals surface area contributed by atoms with Crippen molar-refractivity contribution >= 4 is 24.3 Å². The molecule has 24 heavy (non-hydrogen) atoms. The van der Waals surface area contributed by atoms with Crippen molar-refractivity contribution in [2.75, 3.05) is 13.2 Å². The van der Waals surface area contributed by atoms with Crippen LogP contribution in [0, 0.1) is 0 Å². The van der Waals surface area contributed by atoms with Gasteiger partial charge in [0, 0.05) is 0 Å². The normalized spacial score (nSPS) is 33.2. The van der Waals surface area contributed by atoms with E-state index in [2.05, 4.69) is 4.18 Å². The van der Waals surface area contributed by atoms with Gasteiger partial charge in [0.25, 0.3) is 0 Å². The predicted molar refractivity (Wildman–Crippen MR) is 77.9 cm³/mol. The van der Waals surface area contributed by atoms with Crippen molar-refractivity contribution in [3.05, 3.63) is 0 Å². The molecule has 0 spiro atoms. The molecule has 1 heterocycles. The van der Waals surface area contributed by atoms with Crippen molar-refractivity contribution in [3.8, 4) is 0 Å². The minimum atomic E-state index is -5.33. The van der Waals surface area contributed by atoms with Crippen LogP contribution < -0.4 is 0 Å². The third-order valence-corrected chi connectivity index (χ3v) is 10.1. The molecule has 0 bridgehead atoms. The van der Waals surface area contributed by atoms with Crippen LogP contribution in [-0.4, -0.2) is 112 Å². The van der Waals surface area contributed by atoms with E-state index in [1.807, 2.05) is 0 Å². The fourth-order valence-electron chi connectivity index (χ4n) is 2.42. The van der Waals surface area contributed by atoms with E-state index >= 15 is 0 Å². The summed E-state index contributed by atoms with van der Waals surface area (Å²) in [4.78, 5) is -0.681. The summed E-state index contributed by atoms with van der Waals surface area (Å²) in [6.07, 6.45) is -9.99. The van der Waals surface area contributed by atoms with Gasteiger partial charge in [0.2, 0.25) is 0 Å². The standard InChI is InChI=1S/C11H22O11SSe/c12-1-5(14)10(18)11(22-23(19,20)21)7(16)4-24-3-6(15)9(17)8(24)2-13/h5-18H,1-4H2/t5-,6-,7+,8-,9+,10-,11-,24?/m1/s1. The van der Waals surface area contributed by atoms with Crippen molar-refractivity contribution in [2.45, 2.75) is 52.1 Å². The molecule has 1 rings (SSSR count). The molecule has 0 amide bonds. The first-order chi connectivity index (χ1) is 11.0. The Morgan fingerprint density at radius 2 is 1.75 bits per heavy atom. The van der Waals surface area contributed by atoms with E-state index in [1.54, 1.807) is 0 Å². The van der Waals surface area contributed by atoms with E-state index in [0.29, 0.717) is 0 Å². The van der Waals surface area contributed by atoms with Gasteiger partial charge in [-0.15, -0.1) is 0 Å². The van der Waals surface area contributed by atoms with Gasteiger partial charge in [-0.3, -0.25) is 0 Å². The first kappa shape index (κ1) is 22.2. The van der Waals surface area contributed by atoms with E-state index < -0.39 is 79.0 Å². The zero-order chi connectivity index (χ0) is 18.7. The van der Waals surface area contributed by atoms with E-state index in [4.69, 9.17) is 5.11 Å². The van der Waals surface area contributed by atoms with Gasteiger partial charge in [-0.1, -0.05) is 0 Å². The van der Waals surface area contributed by atoms with Crippen LogP contribution in [0.25, 0.3) is 0 Å². The molecule has 0 aliphatic carbocycles. The molecule has 0 aromatic heterocycles. The maximum atomic E-state index is 10.8. The molecule has 0 aromatic carbocycles. The second-order valence-electron chi connectivity index (χ2n) is 5.43. The molecule has 1 aliphatic rings. The van der Waals surface area contributed by atoms with Gasteiger partial charge in [0.05, 0.1) is 0 Å². The quantitative estimate of drug-likeness (QED) is 0.103. The number of hydrogen-bond acceptors (Lipinski definition) is 11. The second kappa shape index (κ2) is 9.16. The van der Waals surface area contributed by atoms with Crippen LogP contribution in [0.15, 0.2) is 0 Å². The van der Waals surface area contributed by atoms with Gasteiger partial charge >= 0.3 is 142 Å². The molecule has 144 valence electrons. The molecule has 1 aliphatic heterocycles. The third-order valence-electron chi connectivity index (χ3n) is 3.68. The van der Waals surface area contributed by atoms with Crippen LogP contribution in [0.2, 0.25) is 15.5 Å². The van der Waals surface area contributed by atoms with Crippen molar-refractivity contribution in [2.24, 2.45) is 0 Å². The second-order valence-corrected chi connectivity index (χ2v) is 11.4. The van der Waals surface area contributed by atoms with Gasteiger partial charge in [0.1, 0.15) is 0 Å². The summed E-state index contributed by atoms with van der Waals surface area (Å²) >= 11 is -2.05. The molecule has 0 radical (unpaired) electrons. The van der Waals surface area contributed by atoms with Gasteiger partial charge in [0.15, 0.2) is 0 Å². The van der Waals surface area contributed by atoms with Crippen LogP contribution in [-0.2, 0) is 14.6 Å². The van der Waals surface area contributed by atoms with Crippen LogP contribution in [0.1, 0.15) is 0 Å². The summed E-state index contributed by atoms with van der Waals surface area (Å²) in [7, 11) is -5.33. The topological polar surface area (TPSA) is 208 Å². The number of aliphatic hydroxyl groups excluding tert-OH is 7. The zero-order valence-electron chi connectivity index (χ0n) is 12.4. The van der Waals surface area contributed by atoms with E-state index in [9.17, 15) is 43.6 Å². The summed E-state index contributed by atoms with van der Waals surface area (Å²) in [6.45, 7) is -1.42. The summed E-state index contributed by atoms with van der Waals surface area (Å²) < 4.78 is 36.4. The molecule has 1 saturated heterocycles. The average molecular weight is 441 g/mol. The molecule has 0 saturated carbocycles. The number of hydrogen-bond donors (Lipinski definition) is 7. The summed E-state index contributed by atoms with van der Waals surface area (Å²) in [5.74, 6) is 0. The van der Waals surface area contributed by atoms with E-state index in [1.165, 1.54) is 0 Å². The Kier molecular flexibility index (Phi) is 8.46. The molecule has 7 N–H and O–H groups in total. The third kappa shape index (κ3) is 5.83. The summed E-state index contributed by atoms with van der Waals surface area (Å²) in [5, 5.41) is 66.7. The van der Waals surface area contributed by atoms with E-state index in [-0.39, 0.29) is 10.6 Å². The fraction of sp³-hybridized carbons (Fsp3) is 1.00.